The van der Waals surface area contributed by atoms with Gasteiger partial charge in [-0.15, -0.1) is 11.8 Å². The summed E-state index contributed by atoms with van der Waals surface area (Å²) in [6, 6.07) is 15.5. The second-order valence-corrected chi connectivity index (χ2v) is 7.53. The zero-order valence-electron chi connectivity index (χ0n) is 13.9. The molecule has 0 saturated heterocycles. The maximum Gasteiger partial charge on any atom is 0.172 e. The van der Waals surface area contributed by atoms with Gasteiger partial charge in [-0.1, -0.05) is 39.3 Å². The first-order valence-electron chi connectivity index (χ1n) is 7.75. The van der Waals surface area contributed by atoms with E-state index in [9.17, 15) is 5.11 Å². The smallest absolute Gasteiger partial charge is 0.172 e. The largest absolute Gasteiger partial charge is 0.497 e. The lowest BCUT2D eigenvalue weighted by Gasteiger charge is -2.11. The van der Waals surface area contributed by atoms with Gasteiger partial charge in [0.05, 0.1) is 24.5 Å². The number of aryl methyl sites for hydroxylation is 1. The van der Waals surface area contributed by atoms with Crippen molar-refractivity contribution in [2.24, 2.45) is 0 Å². The second kappa shape index (κ2) is 8.08. The van der Waals surface area contributed by atoms with Crippen molar-refractivity contribution in [3.8, 4) is 17.1 Å². The summed E-state index contributed by atoms with van der Waals surface area (Å²) in [5, 5.41) is 14.8. The van der Waals surface area contributed by atoms with Crippen LogP contribution in [0.25, 0.3) is 11.3 Å². The highest BCUT2D eigenvalue weighted by atomic mass is 79.9. The standard InChI is InChI=1S/C19H18BrNO3S/c1-12-18(19(24-21-12)13-6-8-14(20)9-7-13)17(22)11-25-16-5-3-4-15(10-16)23-2/h3-10,17,22H,11H2,1-2H3. The Balaban J connectivity index is 1.79. The quantitative estimate of drug-likeness (QED) is 0.553. The number of rotatable bonds is 6. The van der Waals surface area contributed by atoms with Crippen molar-refractivity contribution in [3.05, 3.63) is 64.3 Å². The van der Waals surface area contributed by atoms with Gasteiger partial charge < -0.3 is 14.4 Å². The van der Waals surface area contributed by atoms with Crippen LogP contribution in [0.1, 0.15) is 17.4 Å². The van der Waals surface area contributed by atoms with Gasteiger partial charge in [0.2, 0.25) is 0 Å². The van der Waals surface area contributed by atoms with Gasteiger partial charge in [-0.05, 0) is 37.3 Å². The maximum atomic E-state index is 10.7. The van der Waals surface area contributed by atoms with Crippen LogP contribution in [0.3, 0.4) is 0 Å². The van der Waals surface area contributed by atoms with Crippen LogP contribution in [0.15, 0.2) is 62.4 Å². The fraction of sp³-hybridized carbons (Fsp3) is 0.211. The molecule has 0 spiro atoms. The first-order chi connectivity index (χ1) is 12.1. The minimum Gasteiger partial charge on any atom is -0.497 e. The molecule has 130 valence electrons. The summed E-state index contributed by atoms with van der Waals surface area (Å²) in [7, 11) is 1.64. The van der Waals surface area contributed by atoms with Crippen molar-refractivity contribution in [1.29, 1.82) is 0 Å². The van der Waals surface area contributed by atoms with Crippen molar-refractivity contribution in [2.45, 2.75) is 17.9 Å². The number of methoxy groups -OCH3 is 1. The topological polar surface area (TPSA) is 55.5 Å². The normalized spacial score (nSPS) is 12.2. The van der Waals surface area contributed by atoms with E-state index in [1.54, 1.807) is 18.9 Å². The van der Waals surface area contributed by atoms with Gasteiger partial charge in [0.15, 0.2) is 5.76 Å². The van der Waals surface area contributed by atoms with Gasteiger partial charge in [0.1, 0.15) is 5.75 Å². The molecule has 3 rings (SSSR count). The molecule has 4 nitrogen and oxygen atoms in total. The molecule has 0 aliphatic heterocycles. The molecular formula is C19H18BrNO3S. The summed E-state index contributed by atoms with van der Waals surface area (Å²) < 4.78 is 11.7. The molecule has 0 radical (unpaired) electrons. The molecule has 0 fully saturated rings. The van der Waals surface area contributed by atoms with Gasteiger partial charge in [-0.25, -0.2) is 0 Å². The predicted octanol–water partition coefficient (Wildman–Crippen LogP) is 5.25. The highest BCUT2D eigenvalue weighted by molar-refractivity contribution is 9.10. The lowest BCUT2D eigenvalue weighted by Crippen LogP contribution is -2.03. The Morgan fingerprint density at radius 1 is 1.24 bits per heavy atom. The summed E-state index contributed by atoms with van der Waals surface area (Å²) in [6.45, 7) is 1.85. The average Bonchev–Trinajstić information content (AvgIpc) is 3.02. The SMILES string of the molecule is COc1cccc(SCC(O)c2c(C)noc2-c2ccc(Br)cc2)c1. The Morgan fingerprint density at radius 3 is 2.72 bits per heavy atom. The Hall–Kier alpha value is -1.76. The van der Waals surface area contributed by atoms with Crippen LogP contribution in [-0.4, -0.2) is 23.1 Å². The molecule has 1 unspecified atom stereocenters. The number of benzene rings is 2. The number of aliphatic hydroxyl groups excluding tert-OH is 1. The van der Waals surface area contributed by atoms with Crippen LogP contribution in [0.5, 0.6) is 5.75 Å². The highest BCUT2D eigenvalue weighted by Crippen LogP contribution is 2.35. The Morgan fingerprint density at radius 2 is 2.00 bits per heavy atom. The van der Waals surface area contributed by atoms with Gasteiger partial charge in [0.25, 0.3) is 0 Å². The van der Waals surface area contributed by atoms with Crippen LogP contribution in [0.2, 0.25) is 0 Å². The third kappa shape index (κ3) is 4.26. The van der Waals surface area contributed by atoms with Crippen molar-refractivity contribution < 1.29 is 14.4 Å². The molecule has 1 N–H and O–H groups in total. The number of halogens is 1. The van der Waals surface area contributed by atoms with E-state index in [1.165, 1.54) is 0 Å². The highest BCUT2D eigenvalue weighted by Gasteiger charge is 2.22. The molecule has 0 aliphatic rings. The molecule has 0 saturated carbocycles. The van der Waals surface area contributed by atoms with Crippen LogP contribution in [0.4, 0.5) is 0 Å². The van der Waals surface area contributed by atoms with Crippen molar-refractivity contribution in [1.82, 2.24) is 5.16 Å². The molecule has 1 aromatic heterocycles. The van der Waals surface area contributed by atoms with Crippen molar-refractivity contribution in [3.63, 3.8) is 0 Å². The number of nitrogens with zero attached hydrogens (tertiary/aromatic N) is 1. The second-order valence-electron chi connectivity index (χ2n) is 5.52. The molecule has 2 aromatic carbocycles. The lowest BCUT2D eigenvalue weighted by atomic mass is 10.0. The minimum atomic E-state index is -0.680. The van der Waals surface area contributed by atoms with Crippen LogP contribution < -0.4 is 4.74 Å². The average molecular weight is 420 g/mol. The summed E-state index contributed by atoms with van der Waals surface area (Å²) in [5.74, 6) is 1.92. The Labute approximate surface area is 159 Å². The summed E-state index contributed by atoms with van der Waals surface area (Å²) in [6.07, 6.45) is -0.680. The third-order valence-electron chi connectivity index (χ3n) is 3.80. The molecule has 0 amide bonds. The molecule has 6 heteroatoms. The summed E-state index contributed by atoms with van der Waals surface area (Å²) in [5.41, 5.74) is 2.33. The van der Waals surface area contributed by atoms with Crippen LogP contribution >= 0.6 is 27.7 Å². The number of aliphatic hydroxyl groups is 1. The number of thioether (sulfide) groups is 1. The Bertz CT molecular complexity index is 848. The van der Waals surface area contributed by atoms with Gasteiger partial charge in [-0.2, -0.15) is 0 Å². The fourth-order valence-electron chi connectivity index (χ4n) is 2.53. The minimum absolute atomic E-state index is 0.499. The predicted molar refractivity (Wildman–Crippen MR) is 103 cm³/mol. The zero-order chi connectivity index (χ0) is 17.8. The monoisotopic (exact) mass is 419 g/mol. The first-order valence-corrected chi connectivity index (χ1v) is 9.53. The molecule has 0 bridgehead atoms. The number of hydrogen-bond donors (Lipinski definition) is 1. The fourth-order valence-corrected chi connectivity index (χ4v) is 3.68. The van der Waals surface area contributed by atoms with Crippen molar-refractivity contribution in [2.75, 3.05) is 12.9 Å². The van der Waals surface area contributed by atoms with E-state index in [2.05, 4.69) is 21.1 Å². The van der Waals surface area contributed by atoms with Crippen molar-refractivity contribution >= 4 is 27.7 Å². The number of ether oxygens (including phenoxy) is 1. The van der Waals surface area contributed by atoms with E-state index < -0.39 is 6.10 Å². The summed E-state index contributed by atoms with van der Waals surface area (Å²) in [4.78, 5) is 1.04. The Kier molecular flexibility index (Phi) is 5.83. The molecule has 1 atom stereocenters. The van der Waals surface area contributed by atoms with Gasteiger partial charge in [0, 0.05) is 20.7 Å². The molecule has 3 aromatic rings. The first kappa shape index (κ1) is 18.0. The van der Waals surface area contributed by atoms with E-state index in [-0.39, 0.29) is 0 Å². The van der Waals surface area contributed by atoms with E-state index in [1.807, 2.05) is 55.5 Å². The van der Waals surface area contributed by atoms with Crippen LogP contribution in [0, 0.1) is 6.92 Å². The van der Waals surface area contributed by atoms with Crippen LogP contribution in [-0.2, 0) is 0 Å². The summed E-state index contributed by atoms with van der Waals surface area (Å²) >= 11 is 4.99. The molecule has 25 heavy (non-hydrogen) atoms. The molecule has 0 aliphatic carbocycles. The molecular weight excluding hydrogens is 402 g/mol. The number of aromatic nitrogens is 1. The van der Waals surface area contributed by atoms with E-state index in [0.717, 1.165) is 26.2 Å². The molecule has 1 heterocycles. The van der Waals surface area contributed by atoms with E-state index in [4.69, 9.17) is 9.26 Å². The maximum absolute atomic E-state index is 10.7. The van der Waals surface area contributed by atoms with E-state index in [0.29, 0.717) is 17.2 Å². The lowest BCUT2D eigenvalue weighted by molar-refractivity contribution is 0.203. The van der Waals surface area contributed by atoms with E-state index >= 15 is 0 Å². The zero-order valence-corrected chi connectivity index (χ0v) is 16.3. The number of hydrogen-bond acceptors (Lipinski definition) is 5. The third-order valence-corrected chi connectivity index (χ3v) is 5.40. The van der Waals surface area contributed by atoms with Gasteiger partial charge >= 0.3 is 0 Å². The van der Waals surface area contributed by atoms with Gasteiger partial charge in [-0.3, -0.25) is 0 Å².